The largest absolute Gasteiger partial charge is 0.416 e. The number of benzene rings is 1. The number of halogens is 4. The summed E-state index contributed by atoms with van der Waals surface area (Å²) >= 11 is 6.00. The lowest BCUT2D eigenvalue weighted by molar-refractivity contribution is -0.137. The lowest BCUT2D eigenvalue weighted by Crippen LogP contribution is -2.08. The minimum atomic E-state index is -4.43. The van der Waals surface area contributed by atoms with Crippen LogP contribution >= 0.6 is 11.6 Å². The molecule has 2 aromatic heterocycles. The number of nitrogens with one attached hydrogen (secondary N) is 1. The second-order valence-electron chi connectivity index (χ2n) is 5.51. The molecule has 0 fully saturated rings. The maximum Gasteiger partial charge on any atom is 0.416 e. The summed E-state index contributed by atoms with van der Waals surface area (Å²) in [5, 5.41) is 3.26. The molecule has 0 bridgehead atoms. The van der Waals surface area contributed by atoms with Gasteiger partial charge >= 0.3 is 6.18 Å². The number of alkyl halides is 3. The Bertz CT molecular complexity index is 885. The van der Waals surface area contributed by atoms with E-state index in [1.807, 2.05) is 12.1 Å². The molecule has 2 heterocycles. The van der Waals surface area contributed by atoms with Gasteiger partial charge in [0.05, 0.1) is 5.56 Å². The van der Waals surface area contributed by atoms with E-state index in [9.17, 15) is 13.2 Å². The molecule has 134 valence electrons. The monoisotopic (exact) mass is 378 g/mol. The molecular weight excluding hydrogens is 365 g/mol. The number of nitrogens with zero attached hydrogens (tertiary/aromatic N) is 3. The normalized spacial score (nSPS) is 11.4. The van der Waals surface area contributed by atoms with E-state index >= 15 is 0 Å². The van der Waals surface area contributed by atoms with Crippen molar-refractivity contribution in [1.82, 2.24) is 15.0 Å². The maximum absolute atomic E-state index is 12.9. The van der Waals surface area contributed by atoms with Crippen molar-refractivity contribution in [1.29, 1.82) is 0 Å². The average Bonchev–Trinajstić information content (AvgIpc) is 2.62. The summed E-state index contributed by atoms with van der Waals surface area (Å²) in [5.74, 6) is 0.585. The predicted molar refractivity (Wildman–Crippen MR) is 93.9 cm³/mol. The van der Waals surface area contributed by atoms with Crippen molar-refractivity contribution in [2.75, 3.05) is 11.9 Å². The number of anilines is 1. The Morgan fingerprint density at radius 3 is 2.50 bits per heavy atom. The number of hydrogen-bond acceptors (Lipinski definition) is 4. The predicted octanol–water partition coefficient (Wildman–Crippen LogP) is 4.87. The van der Waals surface area contributed by atoms with E-state index < -0.39 is 11.7 Å². The molecule has 0 saturated heterocycles. The Kier molecular flexibility index (Phi) is 5.37. The van der Waals surface area contributed by atoms with E-state index in [0.717, 1.165) is 24.1 Å². The smallest absolute Gasteiger partial charge is 0.370 e. The third-order valence-electron chi connectivity index (χ3n) is 3.61. The van der Waals surface area contributed by atoms with Crippen LogP contribution in [0.25, 0.3) is 11.4 Å². The maximum atomic E-state index is 12.9. The summed E-state index contributed by atoms with van der Waals surface area (Å²) < 4.78 is 38.7. The van der Waals surface area contributed by atoms with E-state index in [0.29, 0.717) is 12.4 Å². The molecule has 0 radical (unpaired) electrons. The standard InChI is InChI=1S/C18H14ClF3N4/c19-15-11-16(24-9-6-12-4-7-23-8-5-12)26-17(25-15)13-2-1-3-14(10-13)18(20,21)22/h1-5,7-8,10-11H,6,9H2,(H,24,25,26). The highest BCUT2D eigenvalue weighted by Gasteiger charge is 2.30. The number of rotatable bonds is 5. The molecule has 26 heavy (non-hydrogen) atoms. The summed E-state index contributed by atoms with van der Waals surface area (Å²) in [6, 6.07) is 10.2. The molecular formula is C18H14ClF3N4. The zero-order chi connectivity index (χ0) is 18.6. The average molecular weight is 379 g/mol. The Morgan fingerprint density at radius 1 is 1.00 bits per heavy atom. The molecule has 3 aromatic rings. The quantitative estimate of drug-likeness (QED) is 0.644. The van der Waals surface area contributed by atoms with Crippen molar-refractivity contribution < 1.29 is 13.2 Å². The molecule has 0 aliphatic rings. The fourth-order valence-corrected chi connectivity index (χ4v) is 2.54. The van der Waals surface area contributed by atoms with E-state index in [1.54, 1.807) is 12.4 Å². The summed E-state index contributed by atoms with van der Waals surface area (Å²) in [4.78, 5) is 12.3. The van der Waals surface area contributed by atoms with Crippen LogP contribution in [0.3, 0.4) is 0 Å². The highest BCUT2D eigenvalue weighted by atomic mass is 35.5. The van der Waals surface area contributed by atoms with Gasteiger partial charge in [-0.3, -0.25) is 4.98 Å². The van der Waals surface area contributed by atoms with Gasteiger partial charge in [0.1, 0.15) is 11.0 Å². The lowest BCUT2D eigenvalue weighted by Gasteiger charge is -2.10. The van der Waals surface area contributed by atoms with Gasteiger partial charge in [0.25, 0.3) is 0 Å². The summed E-state index contributed by atoms with van der Waals surface area (Å²) in [6.45, 7) is 0.583. The fourth-order valence-electron chi connectivity index (χ4n) is 2.36. The first-order chi connectivity index (χ1) is 12.4. The van der Waals surface area contributed by atoms with E-state index in [2.05, 4.69) is 20.3 Å². The van der Waals surface area contributed by atoms with Crippen LogP contribution in [0, 0.1) is 0 Å². The van der Waals surface area contributed by atoms with Crippen LogP contribution in [-0.4, -0.2) is 21.5 Å². The van der Waals surface area contributed by atoms with E-state index in [1.165, 1.54) is 18.2 Å². The van der Waals surface area contributed by atoms with Crippen LogP contribution in [0.4, 0.5) is 19.0 Å². The highest BCUT2D eigenvalue weighted by molar-refractivity contribution is 6.29. The number of hydrogen-bond donors (Lipinski definition) is 1. The molecule has 0 amide bonds. The summed E-state index contributed by atoms with van der Waals surface area (Å²) in [7, 11) is 0. The second kappa shape index (κ2) is 7.70. The van der Waals surface area contributed by atoms with Crippen molar-refractivity contribution in [3.05, 3.63) is 71.1 Å². The van der Waals surface area contributed by atoms with Gasteiger partial charge in [-0.15, -0.1) is 0 Å². The molecule has 0 unspecified atom stereocenters. The molecule has 0 spiro atoms. The third-order valence-corrected chi connectivity index (χ3v) is 3.81. The third kappa shape index (κ3) is 4.70. The SMILES string of the molecule is FC(F)(F)c1cccc(-c2nc(Cl)cc(NCCc3ccncc3)n2)c1. The fraction of sp³-hybridized carbons (Fsp3) is 0.167. The molecule has 0 saturated carbocycles. The van der Waals surface area contributed by atoms with Gasteiger partial charge < -0.3 is 5.32 Å². The van der Waals surface area contributed by atoms with Gasteiger partial charge in [-0.2, -0.15) is 13.2 Å². The van der Waals surface area contributed by atoms with Crippen molar-refractivity contribution in [3.63, 3.8) is 0 Å². The van der Waals surface area contributed by atoms with Gasteiger partial charge in [0.2, 0.25) is 0 Å². The summed E-state index contributed by atoms with van der Waals surface area (Å²) in [6.07, 6.45) is -0.269. The highest BCUT2D eigenvalue weighted by Crippen LogP contribution is 2.31. The minimum Gasteiger partial charge on any atom is -0.370 e. The Morgan fingerprint density at radius 2 is 1.77 bits per heavy atom. The molecule has 0 atom stereocenters. The van der Waals surface area contributed by atoms with Crippen LogP contribution in [0.5, 0.6) is 0 Å². The molecule has 1 aromatic carbocycles. The Hall–Kier alpha value is -2.67. The first-order valence-corrected chi connectivity index (χ1v) is 8.14. The van der Waals surface area contributed by atoms with Crippen molar-refractivity contribution in [2.24, 2.45) is 0 Å². The van der Waals surface area contributed by atoms with Gasteiger partial charge in [0, 0.05) is 30.6 Å². The van der Waals surface area contributed by atoms with Crippen LogP contribution in [0.2, 0.25) is 5.15 Å². The van der Waals surface area contributed by atoms with Crippen molar-refractivity contribution in [3.8, 4) is 11.4 Å². The first-order valence-electron chi connectivity index (χ1n) is 7.77. The van der Waals surface area contributed by atoms with Crippen LogP contribution in [-0.2, 0) is 12.6 Å². The number of pyridine rings is 1. The molecule has 0 aliphatic heterocycles. The lowest BCUT2D eigenvalue weighted by atomic mass is 10.1. The molecule has 0 aliphatic carbocycles. The molecule has 8 heteroatoms. The zero-order valence-electron chi connectivity index (χ0n) is 13.5. The van der Waals surface area contributed by atoms with Crippen LogP contribution in [0.1, 0.15) is 11.1 Å². The van der Waals surface area contributed by atoms with Gasteiger partial charge in [0.15, 0.2) is 5.82 Å². The van der Waals surface area contributed by atoms with Crippen LogP contribution < -0.4 is 5.32 Å². The van der Waals surface area contributed by atoms with E-state index in [4.69, 9.17) is 11.6 Å². The second-order valence-corrected chi connectivity index (χ2v) is 5.90. The minimum absolute atomic E-state index is 0.134. The van der Waals surface area contributed by atoms with Gasteiger partial charge in [-0.25, -0.2) is 9.97 Å². The topological polar surface area (TPSA) is 50.7 Å². The van der Waals surface area contributed by atoms with E-state index in [-0.39, 0.29) is 16.5 Å². The number of aromatic nitrogens is 3. The molecule has 1 N–H and O–H groups in total. The molecule has 3 rings (SSSR count). The summed E-state index contributed by atoms with van der Waals surface area (Å²) in [5.41, 5.74) is 0.594. The van der Waals surface area contributed by atoms with Crippen molar-refractivity contribution in [2.45, 2.75) is 12.6 Å². The zero-order valence-corrected chi connectivity index (χ0v) is 14.2. The molecule has 4 nitrogen and oxygen atoms in total. The Balaban J connectivity index is 1.77. The van der Waals surface area contributed by atoms with Gasteiger partial charge in [-0.05, 0) is 36.2 Å². The first kappa shape index (κ1) is 18.1. The van der Waals surface area contributed by atoms with Gasteiger partial charge in [-0.1, -0.05) is 23.7 Å². The van der Waals surface area contributed by atoms with Crippen molar-refractivity contribution >= 4 is 17.4 Å². The Labute approximate surface area is 153 Å². The van der Waals surface area contributed by atoms with Crippen LogP contribution in [0.15, 0.2) is 54.9 Å².